The van der Waals surface area contributed by atoms with Gasteiger partial charge in [-0.1, -0.05) is 13.8 Å². The lowest BCUT2D eigenvalue weighted by Crippen LogP contribution is -2.37. The van der Waals surface area contributed by atoms with Crippen molar-refractivity contribution in [1.82, 2.24) is 0 Å². The molecular weight excluding hydrogens is 174 g/mol. The molecule has 0 aliphatic rings. The highest BCUT2D eigenvalue weighted by molar-refractivity contribution is 5.90. The molecule has 0 amide bonds. The van der Waals surface area contributed by atoms with Crippen molar-refractivity contribution in [2.24, 2.45) is 4.99 Å². The summed E-state index contributed by atoms with van der Waals surface area (Å²) in [6, 6.07) is 0.353. The number of hydrogen-bond acceptors (Lipinski definition) is 2. The highest BCUT2D eigenvalue weighted by Gasteiger charge is 2.26. The van der Waals surface area contributed by atoms with E-state index in [9.17, 15) is 0 Å². The molecule has 1 unspecified atom stereocenters. The molecule has 0 heterocycles. The van der Waals surface area contributed by atoms with Gasteiger partial charge in [0.15, 0.2) is 0 Å². The van der Waals surface area contributed by atoms with Crippen molar-refractivity contribution >= 4 is 5.71 Å². The van der Waals surface area contributed by atoms with Gasteiger partial charge in [-0.3, -0.25) is 4.99 Å². The molecule has 0 saturated carbocycles. The summed E-state index contributed by atoms with van der Waals surface area (Å²) in [6.45, 7) is 13.5. The Bertz CT molecular complexity index is 187. The Morgan fingerprint density at radius 3 is 2.29 bits per heavy atom. The van der Waals surface area contributed by atoms with Crippen LogP contribution in [-0.2, 0) is 4.74 Å². The summed E-state index contributed by atoms with van der Waals surface area (Å²) in [5, 5.41) is 0. The second-order valence-electron chi connectivity index (χ2n) is 4.24. The quantitative estimate of drug-likeness (QED) is 0.600. The summed E-state index contributed by atoms with van der Waals surface area (Å²) in [6.07, 6.45) is 2.04. The van der Waals surface area contributed by atoms with Crippen molar-refractivity contribution in [3.63, 3.8) is 0 Å². The number of rotatable bonds is 6. The standard InChI is InChI=1S/C12H25NO/c1-7-9-14-12(6,8-2)11(5)13-10(3)4/h10H,7-9H2,1-6H3. The predicted octanol–water partition coefficient (Wildman–Crippen LogP) is 3.45. The van der Waals surface area contributed by atoms with E-state index in [0.717, 1.165) is 25.2 Å². The van der Waals surface area contributed by atoms with E-state index in [1.54, 1.807) is 0 Å². The lowest BCUT2D eigenvalue weighted by molar-refractivity contribution is 0.0179. The Morgan fingerprint density at radius 2 is 1.93 bits per heavy atom. The van der Waals surface area contributed by atoms with Crippen LogP contribution in [-0.4, -0.2) is 24.0 Å². The average molecular weight is 199 g/mol. The first-order chi connectivity index (χ1) is 6.46. The maximum absolute atomic E-state index is 5.86. The van der Waals surface area contributed by atoms with Crippen LogP contribution in [0.4, 0.5) is 0 Å². The fraction of sp³-hybridized carbons (Fsp3) is 0.917. The van der Waals surface area contributed by atoms with Gasteiger partial charge in [-0.15, -0.1) is 0 Å². The summed E-state index contributed by atoms with van der Waals surface area (Å²) in [5.41, 5.74) is 0.948. The summed E-state index contributed by atoms with van der Waals surface area (Å²) < 4.78 is 5.86. The fourth-order valence-electron chi connectivity index (χ4n) is 1.31. The third-order valence-electron chi connectivity index (χ3n) is 2.52. The lowest BCUT2D eigenvalue weighted by atomic mass is 9.97. The molecule has 0 aromatic carbocycles. The zero-order valence-corrected chi connectivity index (χ0v) is 10.6. The molecule has 14 heavy (non-hydrogen) atoms. The highest BCUT2D eigenvalue weighted by Crippen LogP contribution is 2.18. The second-order valence-corrected chi connectivity index (χ2v) is 4.24. The van der Waals surface area contributed by atoms with Gasteiger partial charge in [0.05, 0.1) is 0 Å². The molecule has 0 N–H and O–H groups in total. The number of ether oxygens (including phenoxy) is 1. The van der Waals surface area contributed by atoms with Crippen LogP contribution >= 0.6 is 0 Å². The van der Waals surface area contributed by atoms with E-state index in [0.29, 0.717) is 6.04 Å². The van der Waals surface area contributed by atoms with E-state index in [-0.39, 0.29) is 5.60 Å². The minimum atomic E-state index is -0.166. The van der Waals surface area contributed by atoms with E-state index in [2.05, 4.69) is 46.5 Å². The Balaban J connectivity index is 4.49. The first-order valence-corrected chi connectivity index (χ1v) is 5.65. The molecule has 0 aromatic rings. The first kappa shape index (κ1) is 13.6. The van der Waals surface area contributed by atoms with Gasteiger partial charge in [-0.25, -0.2) is 0 Å². The van der Waals surface area contributed by atoms with E-state index in [4.69, 9.17) is 4.74 Å². The summed E-state index contributed by atoms with van der Waals surface area (Å²) in [7, 11) is 0. The van der Waals surface area contributed by atoms with Gasteiger partial charge in [0.2, 0.25) is 0 Å². The highest BCUT2D eigenvalue weighted by atomic mass is 16.5. The summed E-state index contributed by atoms with van der Waals surface area (Å²) in [4.78, 5) is 4.56. The maximum Gasteiger partial charge on any atom is 0.102 e. The van der Waals surface area contributed by atoms with Crippen LogP contribution in [0, 0.1) is 0 Å². The second kappa shape index (κ2) is 6.18. The Kier molecular flexibility index (Phi) is 6.01. The zero-order valence-electron chi connectivity index (χ0n) is 10.6. The molecule has 0 aliphatic carbocycles. The molecule has 0 fully saturated rings. The van der Waals surface area contributed by atoms with Crippen LogP contribution < -0.4 is 0 Å². The van der Waals surface area contributed by atoms with Crippen molar-refractivity contribution in [3.8, 4) is 0 Å². The molecule has 0 spiro atoms. The third kappa shape index (κ3) is 4.23. The van der Waals surface area contributed by atoms with Crippen LogP contribution in [0.3, 0.4) is 0 Å². The zero-order chi connectivity index (χ0) is 11.2. The monoisotopic (exact) mass is 199 g/mol. The van der Waals surface area contributed by atoms with Gasteiger partial charge in [0.25, 0.3) is 0 Å². The van der Waals surface area contributed by atoms with Crippen LogP contribution in [0.2, 0.25) is 0 Å². The van der Waals surface area contributed by atoms with Gasteiger partial charge in [0, 0.05) is 18.4 Å². The molecular formula is C12H25NO. The minimum absolute atomic E-state index is 0.166. The lowest BCUT2D eigenvalue weighted by Gasteiger charge is -2.29. The summed E-state index contributed by atoms with van der Waals surface area (Å²) in [5.74, 6) is 0. The van der Waals surface area contributed by atoms with Crippen molar-refractivity contribution in [3.05, 3.63) is 0 Å². The topological polar surface area (TPSA) is 21.6 Å². The van der Waals surface area contributed by atoms with Crippen LogP contribution in [0.5, 0.6) is 0 Å². The molecule has 2 heteroatoms. The van der Waals surface area contributed by atoms with Crippen molar-refractivity contribution in [2.75, 3.05) is 6.61 Å². The summed E-state index contributed by atoms with van der Waals surface area (Å²) >= 11 is 0. The first-order valence-electron chi connectivity index (χ1n) is 5.65. The Labute approximate surface area is 88.8 Å². The molecule has 2 nitrogen and oxygen atoms in total. The van der Waals surface area contributed by atoms with Crippen molar-refractivity contribution < 1.29 is 4.74 Å². The average Bonchev–Trinajstić information content (AvgIpc) is 2.13. The number of aliphatic imine (C=N–C) groups is 1. The smallest absolute Gasteiger partial charge is 0.102 e. The van der Waals surface area contributed by atoms with Crippen LogP contribution in [0.15, 0.2) is 4.99 Å². The Hall–Kier alpha value is -0.370. The number of hydrogen-bond donors (Lipinski definition) is 0. The molecule has 0 saturated heterocycles. The van der Waals surface area contributed by atoms with Gasteiger partial charge in [-0.05, 0) is 40.5 Å². The minimum Gasteiger partial charge on any atom is -0.369 e. The molecule has 0 aliphatic heterocycles. The number of nitrogens with zero attached hydrogens (tertiary/aromatic N) is 1. The molecule has 1 atom stereocenters. The SMILES string of the molecule is CCCOC(C)(CC)C(C)=NC(C)C. The molecule has 84 valence electrons. The largest absolute Gasteiger partial charge is 0.369 e. The van der Waals surface area contributed by atoms with Crippen molar-refractivity contribution in [1.29, 1.82) is 0 Å². The van der Waals surface area contributed by atoms with Crippen LogP contribution in [0.1, 0.15) is 54.4 Å². The van der Waals surface area contributed by atoms with Gasteiger partial charge < -0.3 is 4.74 Å². The molecule has 0 radical (unpaired) electrons. The van der Waals surface area contributed by atoms with E-state index < -0.39 is 0 Å². The van der Waals surface area contributed by atoms with Crippen LogP contribution in [0.25, 0.3) is 0 Å². The van der Waals surface area contributed by atoms with E-state index in [1.165, 1.54) is 0 Å². The normalized spacial score (nSPS) is 17.2. The van der Waals surface area contributed by atoms with Crippen molar-refractivity contribution in [2.45, 2.75) is 66.0 Å². The van der Waals surface area contributed by atoms with Gasteiger partial charge in [-0.2, -0.15) is 0 Å². The van der Waals surface area contributed by atoms with Gasteiger partial charge >= 0.3 is 0 Å². The third-order valence-corrected chi connectivity index (χ3v) is 2.52. The molecule has 0 aromatic heterocycles. The van der Waals surface area contributed by atoms with E-state index in [1.807, 2.05) is 0 Å². The molecule has 0 rings (SSSR count). The van der Waals surface area contributed by atoms with Gasteiger partial charge in [0.1, 0.15) is 5.60 Å². The maximum atomic E-state index is 5.86. The fourth-order valence-corrected chi connectivity index (χ4v) is 1.31. The molecule has 0 bridgehead atoms. The predicted molar refractivity (Wildman–Crippen MR) is 63.2 cm³/mol. The van der Waals surface area contributed by atoms with E-state index >= 15 is 0 Å². The Morgan fingerprint density at radius 1 is 1.36 bits per heavy atom.